The minimum Gasteiger partial charge on any atom is -0.493 e. The van der Waals surface area contributed by atoms with Gasteiger partial charge in [-0.1, -0.05) is 24.3 Å². The third-order valence-electron chi connectivity index (χ3n) is 4.11. The third kappa shape index (κ3) is 1.87. The Morgan fingerprint density at radius 3 is 3.00 bits per heavy atom. The molecule has 0 spiro atoms. The van der Waals surface area contributed by atoms with Crippen LogP contribution < -0.4 is 10.5 Å². The predicted octanol–water partition coefficient (Wildman–Crippen LogP) is 3.30. The van der Waals surface area contributed by atoms with E-state index in [-0.39, 0.29) is 6.04 Å². The van der Waals surface area contributed by atoms with Gasteiger partial charge >= 0.3 is 0 Å². The lowest BCUT2D eigenvalue weighted by molar-refractivity contribution is 0.259. The van der Waals surface area contributed by atoms with Crippen LogP contribution in [0.4, 0.5) is 5.95 Å². The molecule has 4 heteroatoms. The van der Waals surface area contributed by atoms with E-state index in [0.29, 0.717) is 12.6 Å². The van der Waals surface area contributed by atoms with Gasteiger partial charge in [0.1, 0.15) is 5.75 Å². The molecule has 4 nitrogen and oxygen atoms in total. The molecule has 3 aromatic rings. The van der Waals surface area contributed by atoms with Gasteiger partial charge in [0, 0.05) is 12.0 Å². The number of rotatable bonds is 1. The van der Waals surface area contributed by atoms with E-state index < -0.39 is 0 Å². The first kappa shape index (κ1) is 12.3. The van der Waals surface area contributed by atoms with Crippen molar-refractivity contribution >= 4 is 17.0 Å². The average molecular weight is 279 g/mol. The smallest absolute Gasteiger partial charge is 0.201 e. The topological polar surface area (TPSA) is 53.1 Å². The molecule has 2 N–H and O–H groups in total. The summed E-state index contributed by atoms with van der Waals surface area (Å²) in [5, 5.41) is 0. The van der Waals surface area contributed by atoms with Crippen molar-refractivity contribution in [2.24, 2.45) is 0 Å². The van der Waals surface area contributed by atoms with Crippen molar-refractivity contribution in [3.05, 3.63) is 53.6 Å². The average Bonchev–Trinajstić information content (AvgIpc) is 2.81. The number of para-hydroxylation sites is 1. The summed E-state index contributed by atoms with van der Waals surface area (Å²) in [5.74, 6) is 1.51. The van der Waals surface area contributed by atoms with Crippen LogP contribution in [0.1, 0.15) is 23.6 Å². The minimum atomic E-state index is 0.183. The van der Waals surface area contributed by atoms with Crippen molar-refractivity contribution in [2.45, 2.75) is 19.4 Å². The summed E-state index contributed by atoms with van der Waals surface area (Å²) in [6.45, 7) is 2.77. The summed E-state index contributed by atoms with van der Waals surface area (Å²) in [6, 6.07) is 14.6. The van der Waals surface area contributed by atoms with E-state index in [0.717, 1.165) is 23.2 Å². The Kier molecular flexibility index (Phi) is 2.64. The maximum absolute atomic E-state index is 6.20. The number of benzene rings is 2. The number of aromatic nitrogens is 2. The molecule has 0 amide bonds. The molecule has 1 aromatic heterocycles. The number of nitrogens with two attached hydrogens (primary N) is 1. The van der Waals surface area contributed by atoms with Gasteiger partial charge in [0.2, 0.25) is 5.95 Å². The first-order valence-electron chi connectivity index (χ1n) is 7.20. The van der Waals surface area contributed by atoms with Gasteiger partial charge in [-0.2, -0.15) is 0 Å². The Morgan fingerprint density at radius 2 is 2.10 bits per heavy atom. The zero-order valence-electron chi connectivity index (χ0n) is 11.9. The molecule has 2 heterocycles. The quantitative estimate of drug-likeness (QED) is 0.743. The second-order valence-electron chi connectivity index (χ2n) is 5.52. The van der Waals surface area contributed by atoms with Gasteiger partial charge < -0.3 is 15.0 Å². The maximum atomic E-state index is 6.20. The minimum absolute atomic E-state index is 0.183. The Balaban J connectivity index is 1.94. The summed E-state index contributed by atoms with van der Waals surface area (Å²) in [4.78, 5) is 4.52. The van der Waals surface area contributed by atoms with Crippen LogP contribution in [0.2, 0.25) is 0 Å². The molecule has 4 rings (SSSR count). The highest BCUT2D eigenvalue weighted by Crippen LogP contribution is 2.37. The number of hydrogen-bond acceptors (Lipinski definition) is 3. The lowest BCUT2D eigenvalue weighted by Gasteiger charge is -2.28. The van der Waals surface area contributed by atoms with Crippen molar-refractivity contribution in [1.29, 1.82) is 0 Å². The SMILES string of the molecule is Cc1ccc2c(c1)nc(N)n2C1CCOc2ccccc21. The molecule has 0 aliphatic carbocycles. The van der Waals surface area contributed by atoms with Gasteiger partial charge in [-0.15, -0.1) is 0 Å². The van der Waals surface area contributed by atoms with E-state index in [1.807, 2.05) is 18.2 Å². The first-order chi connectivity index (χ1) is 10.2. The highest BCUT2D eigenvalue weighted by Gasteiger charge is 2.25. The lowest BCUT2D eigenvalue weighted by Crippen LogP contribution is -2.21. The van der Waals surface area contributed by atoms with Gasteiger partial charge in [0.05, 0.1) is 23.7 Å². The Labute approximate surface area is 123 Å². The maximum Gasteiger partial charge on any atom is 0.201 e. The fourth-order valence-corrected chi connectivity index (χ4v) is 3.15. The number of hydrogen-bond donors (Lipinski definition) is 1. The van der Waals surface area contributed by atoms with Crippen molar-refractivity contribution < 1.29 is 4.74 Å². The van der Waals surface area contributed by atoms with Crippen molar-refractivity contribution in [3.8, 4) is 5.75 Å². The van der Waals surface area contributed by atoms with Crippen LogP contribution in [-0.4, -0.2) is 16.2 Å². The molecule has 106 valence electrons. The third-order valence-corrected chi connectivity index (χ3v) is 4.11. The summed E-state index contributed by atoms with van der Waals surface area (Å²) in [7, 11) is 0. The summed E-state index contributed by atoms with van der Waals surface area (Å²) in [5.41, 5.74) is 10.6. The van der Waals surface area contributed by atoms with Crippen molar-refractivity contribution in [3.63, 3.8) is 0 Å². The monoisotopic (exact) mass is 279 g/mol. The fraction of sp³-hybridized carbons (Fsp3) is 0.235. The molecule has 0 bridgehead atoms. The van der Waals surface area contributed by atoms with E-state index in [2.05, 4.69) is 40.7 Å². The normalized spacial score (nSPS) is 17.5. The molecule has 0 fully saturated rings. The molecule has 1 atom stereocenters. The van der Waals surface area contributed by atoms with Crippen LogP contribution in [0.3, 0.4) is 0 Å². The van der Waals surface area contributed by atoms with Gasteiger partial charge in [-0.3, -0.25) is 0 Å². The highest BCUT2D eigenvalue weighted by molar-refractivity contribution is 5.79. The second kappa shape index (κ2) is 4.52. The molecule has 21 heavy (non-hydrogen) atoms. The van der Waals surface area contributed by atoms with Crippen LogP contribution in [0, 0.1) is 6.92 Å². The van der Waals surface area contributed by atoms with Gasteiger partial charge in [-0.05, 0) is 30.7 Å². The standard InChI is InChI=1S/C17H17N3O/c1-11-6-7-15-13(10-11)19-17(18)20(15)14-8-9-21-16-5-3-2-4-12(14)16/h2-7,10,14H,8-9H2,1H3,(H2,18,19). The van der Waals surface area contributed by atoms with Crippen LogP contribution in [-0.2, 0) is 0 Å². The van der Waals surface area contributed by atoms with Gasteiger partial charge in [-0.25, -0.2) is 4.98 Å². The summed E-state index contributed by atoms with van der Waals surface area (Å²) < 4.78 is 7.88. The largest absolute Gasteiger partial charge is 0.493 e. The van der Waals surface area contributed by atoms with E-state index in [1.165, 1.54) is 11.1 Å². The number of nitrogens with zero attached hydrogens (tertiary/aromatic N) is 2. The number of anilines is 1. The molecule has 1 unspecified atom stereocenters. The van der Waals surface area contributed by atoms with E-state index in [1.54, 1.807) is 0 Å². The second-order valence-corrected chi connectivity index (χ2v) is 5.52. The van der Waals surface area contributed by atoms with Crippen LogP contribution in [0.15, 0.2) is 42.5 Å². The summed E-state index contributed by atoms with van der Waals surface area (Å²) >= 11 is 0. The predicted molar refractivity (Wildman–Crippen MR) is 83.6 cm³/mol. The van der Waals surface area contributed by atoms with Gasteiger partial charge in [0.15, 0.2) is 0 Å². The number of fused-ring (bicyclic) bond motifs is 2. The zero-order chi connectivity index (χ0) is 14.4. The van der Waals surface area contributed by atoms with E-state index in [9.17, 15) is 0 Å². The molecule has 0 saturated carbocycles. The number of aryl methyl sites for hydroxylation is 1. The fourth-order valence-electron chi connectivity index (χ4n) is 3.15. The van der Waals surface area contributed by atoms with E-state index >= 15 is 0 Å². The van der Waals surface area contributed by atoms with Crippen molar-refractivity contribution in [2.75, 3.05) is 12.3 Å². The number of ether oxygens (including phenoxy) is 1. The molecular formula is C17H17N3O. The summed E-state index contributed by atoms with van der Waals surface area (Å²) in [6.07, 6.45) is 0.903. The van der Waals surface area contributed by atoms with Crippen molar-refractivity contribution in [1.82, 2.24) is 9.55 Å². The zero-order valence-corrected chi connectivity index (χ0v) is 11.9. The van der Waals surface area contributed by atoms with Crippen LogP contribution in [0.25, 0.3) is 11.0 Å². The Hall–Kier alpha value is -2.49. The molecule has 0 radical (unpaired) electrons. The van der Waals surface area contributed by atoms with Crippen LogP contribution in [0.5, 0.6) is 5.75 Å². The molecule has 2 aromatic carbocycles. The van der Waals surface area contributed by atoms with E-state index in [4.69, 9.17) is 10.5 Å². The van der Waals surface area contributed by atoms with Gasteiger partial charge in [0.25, 0.3) is 0 Å². The molecule has 1 aliphatic rings. The number of nitrogen functional groups attached to an aromatic ring is 1. The Morgan fingerprint density at radius 1 is 1.24 bits per heavy atom. The molecule has 0 saturated heterocycles. The first-order valence-corrected chi connectivity index (χ1v) is 7.20. The molecule has 1 aliphatic heterocycles. The number of imidazole rings is 1. The van der Waals surface area contributed by atoms with Crippen LogP contribution >= 0.6 is 0 Å². The Bertz CT molecular complexity index is 822. The highest BCUT2D eigenvalue weighted by atomic mass is 16.5. The lowest BCUT2D eigenvalue weighted by atomic mass is 10.00. The molecular weight excluding hydrogens is 262 g/mol.